The SMILES string of the molecule is CC(Nc1ccc(NC(=O)C2(N)CCCC2)cc1)c1ccccc1. The summed E-state index contributed by atoms with van der Waals surface area (Å²) in [5, 5.41) is 6.41. The normalized spacial score (nSPS) is 17.2. The average molecular weight is 323 g/mol. The molecule has 0 aliphatic heterocycles. The third kappa shape index (κ3) is 3.77. The Morgan fingerprint density at radius 2 is 1.58 bits per heavy atom. The van der Waals surface area contributed by atoms with Gasteiger partial charge in [-0.15, -0.1) is 0 Å². The lowest BCUT2D eigenvalue weighted by atomic mass is 9.98. The Morgan fingerprint density at radius 1 is 1.00 bits per heavy atom. The van der Waals surface area contributed by atoms with E-state index in [0.29, 0.717) is 0 Å². The molecule has 2 aromatic carbocycles. The van der Waals surface area contributed by atoms with E-state index in [1.54, 1.807) is 0 Å². The smallest absolute Gasteiger partial charge is 0.244 e. The van der Waals surface area contributed by atoms with Gasteiger partial charge in [0, 0.05) is 17.4 Å². The Hall–Kier alpha value is -2.33. The number of carbonyl (C=O) groups is 1. The van der Waals surface area contributed by atoms with E-state index in [1.165, 1.54) is 5.56 Å². The Morgan fingerprint density at radius 3 is 2.21 bits per heavy atom. The van der Waals surface area contributed by atoms with Gasteiger partial charge in [0.15, 0.2) is 0 Å². The van der Waals surface area contributed by atoms with Gasteiger partial charge in [0.1, 0.15) is 0 Å². The van der Waals surface area contributed by atoms with Gasteiger partial charge in [-0.2, -0.15) is 0 Å². The minimum atomic E-state index is -0.696. The van der Waals surface area contributed by atoms with Crippen LogP contribution in [0.15, 0.2) is 54.6 Å². The first-order chi connectivity index (χ1) is 11.6. The largest absolute Gasteiger partial charge is 0.379 e. The Kier molecular flexibility index (Phi) is 4.86. The highest BCUT2D eigenvalue weighted by Crippen LogP contribution is 2.28. The number of rotatable bonds is 5. The fourth-order valence-corrected chi connectivity index (χ4v) is 3.21. The summed E-state index contributed by atoms with van der Waals surface area (Å²) < 4.78 is 0. The summed E-state index contributed by atoms with van der Waals surface area (Å²) in [7, 11) is 0. The summed E-state index contributed by atoms with van der Waals surface area (Å²) >= 11 is 0. The number of benzene rings is 2. The molecule has 24 heavy (non-hydrogen) atoms. The van der Waals surface area contributed by atoms with Crippen LogP contribution in [0.3, 0.4) is 0 Å². The molecule has 1 fully saturated rings. The van der Waals surface area contributed by atoms with Crippen molar-refractivity contribution in [1.29, 1.82) is 0 Å². The molecule has 2 aromatic rings. The van der Waals surface area contributed by atoms with E-state index in [0.717, 1.165) is 37.1 Å². The Balaban J connectivity index is 1.60. The van der Waals surface area contributed by atoms with Crippen LogP contribution in [0.25, 0.3) is 0 Å². The van der Waals surface area contributed by atoms with E-state index >= 15 is 0 Å². The highest BCUT2D eigenvalue weighted by Gasteiger charge is 2.36. The molecule has 0 saturated heterocycles. The molecule has 1 saturated carbocycles. The Bertz CT molecular complexity index is 676. The van der Waals surface area contributed by atoms with Crippen molar-refractivity contribution in [1.82, 2.24) is 0 Å². The minimum Gasteiger partial charge on any atom is -0.379 e. The molecule has 0 heterocycles. The van der Waals surface area contributed by atoms with Gasteiger partial charge in [0.2, 0.25) is 5.91 Å². The van der Waals surface area contributed by atoms with Crippen molar-refractivity contribution in [2.24, 2.45) is 5.73 Å². The molecular weight excluding hydrogens is 298 g/mol. The number of nitrogens with one attached hydrogen (secondary N) is 2. The van der Waals surface area contributed by atoms with Crippen LogP contribution in [0.4, 0.5) is 11.4 Å². The maximum absolute atomic E-state index is 12.3. The van der Waals surface area contributed by atoms with Crippen LogP contribution < -0.4 is 16.4 Å². The van der Waals surface area contributed by atoms with Gasteiger partial charge in [-0.1, -0.05) is 43.2 Å². The van der Waals surface area contributed by atoms with E-state index in [-0.39, 0.29) is 11.9 Å². The van der Waals surface area contributed by atoms with E-state index in [9.17, 15) is 4.79 Å². The fourth-order valence-electron chi connectivity index (χ4n) is 3.21. The van der Waals surface area contributed by atoms with Gasteiger partial charge < -0.3 is 16.4 Å². The maximum Gasteiger partial charge on any atom is 0.244 e. The molecule has 1 aliphatic carbocycles. The topological polar surface area (TPSA) is 67.1 Å². The summed E-state index contributed by atoms with van der Waals surface area (Å²) in [4.78, 5) is 12.3. The lowest BCUT2D eigenvalue weighted by Gasteiger charge is -2.22. The molecular formula is C20H25N3O. The second kappa shape index (κ2) is 7.05. The number of hydrogen-bond acceptors (Lipinski definition) is 3. The predicted molar refractivity (Wildman–Crippen MR) is 98.9 cm³/mol. The third-order valence-corrected chi connectivity index (χ3v) is 4.77. The molecule has 0 bridgehead atoms. The molecule has 0 aromatic heterocycles. The fraction of sp³-hybridized carbons (Fsp3) is 0.350. The molecule has 3 rings (SSSR count). The van der Waals surface area contributed by atoms with Crippen molar-refractivity contribution in [3.8, 4) is 0 Å². The van der Waals surface area contributed by atoms with Crippen LogP contribution >= 0.6 is 0 Å². The van der Waals surface area contributed by atoms with E-state index in [4.69, 9.17) is 5.73 Å². The summed E-state index contributed by atoms with van der Waals surface area (Å²) in [5.41, 5.74) is 8.54. The zero-order valence-electron chi connectivity index (χ0n) is 14.1. The molecule has 1 amide bonds. The standard InChI is InChI=1S/C20H25N3O/c1-15(16-7-3-2-4-8-16)22-17-9-11-18(12-10-17)23-19(24)20(21)13-5-6-14-20/h2-4,7-12,15,22H,5-6,13-14,21H2,1H3,(H,23,24). The molecule has 0 radical (unpaired) electrons. The van der Waals surface area contributed by atoms with Crippen LogP contribution in [-0.2, 0) is 4.79 Å². The molecule has 1 unspecified atom stereocenters. The zero-order valence-corrected chi connectivity index (χ0v) is 14.1. The van der Waals surface area contributed by atoms with Crippen molar-refractivity contribution in [2.75, 3.05) is 10.6 Å². The van der Waals surface area contributed by atoms with Gasteiger partial charge >= 0.3 is 0 Å². The molecule has 1 atom stereocenters. The summed E-state index contributed by atoms with van der Waals surface area (Å²) in [6.45, 7) is 2.13. The van der Waals surface area contributed by atoms with Crippen molar-refractivity contribution >= 4 is 17.3 Å². The first-order valence-corrected chi connectivity index (χ1v) is 8.59. The average Bonchev–Trinajstić information content (AvgIpc) is 3.05. The van der Waals surface area contributed by atoms with Crippen molar-refractivity contribution in [2.45, 2.75) is 44.2 Å². The van der Waals surface area contributed by atoms with Crippen molar-refractivity contribution < 1.29 is 4.79 Å². The van der Waals surface area contributed by atoms with E-state index in [2.05, 4.69) is 29.7 Å². The molecule has 4 N–H and O–H groups in total. The molecule has 4 heteroatoms. The Labute approximate surface area is 143 Å². The second-order valence-electron chi connectivity index (χ2n) is 6.67. The first kappa shape index (κ1) is 16.5. The number of anilines is 2. The van der Waals surface area contributed by atoms with Crippen LogP contribution in [0, 0.1) is 0 Å². The summed E-state index contributed by atoms with van der Waals surface area (Å²) in [5.74, 6) is -0.0710. The predicted octanol–water partition coefficient (Wildman–Crippen LogP) is 4.07. The minimum absolute atomic E-state index is 0.0710. The van der Waals surface area contributed by atoms with Crippen LogP contribution in [0.2, 0.25) is 0 Å². The second-order valence-corrected chi connectivity index (χ2v) is 6.67. The van der Waals surface area contributed by atoms with Crippen LogP contribution in [0.5, 0.6) is 0 Å². The summed E-state index contributed by atoms with van der Waals surface area (Å²) in [6, 6.07) is 18.3. The van der Waals surface area contributed by atoms with Gasteiger partial charge in [-0.3, -0.25) is 4.79 Å². The van der Waals surface area contributed by atoms with Gasteiger partial charge in [-0.05, 0) is 49.6 Å². The zero-order chi connectivity index (χ0) is 17.0. The number of amides is 1. The van der Waals surface area contributed by atoms with E-state index < -0.39 is 5.54 Å². The van der Waals surface area contributed by atoms with Gasteiger partial charge in [0.05, 0.1) is 5.54 Å². The molecule has 1 aliphatic rings. The van der Waals surface area contributed by atoms with Crippen LogP contribution in [0.1, 0.15) is 44.2 Å². The van der Waals surface area contributed by atoms with Crippen molar-refractivity contribution in [3.63, 3.8) is 0 Å². The molecule has 0 spiro atoms. The number of hydrogen-bond donors (Lipinski definition) is 3. The highest BCUT2D eigenvalue weighted by atomic mass is 16.2. The third-order valence-electron chi connectivity index (χ3n) is 4.77. The first-order valence-electron chi connectivity index (χ1n) is 8.59. The molecule has 126 valence electrons. The van der Waals surface area contributed by atoms with E-state index in [1.807, 2.05) is 42.5 Å². The lowest BCUT2D eigenvalue weighted by Crippen LogP contribution is -2.48. The highest BCUT2D eigenvalue weighted by molar-refractivity contribution is 5.98. The van der Waals surface area contributed by atoms with Crippen molar-refractivity contribution in [3.05, 3.63) is 60.2 Å². The summed E-state index contributed by atoms with van der Waals surface area (Å²) in [6.07, 6.45) is 3.61. The number of nitrogens with two attached hydrogens (primary N) is 1. The van der Waals surface area contributed by atoms with Gasteiger partial charge in [-0.25, -0.2) is 0 Å². The van der Waals surface area contributed by atoms with Crippen LogP contribution in [-0.4, -0.2) is 11.4 Å². The quantitative estimate of drug-likeness (QED) is 0.777. The number of carbonyl (C=O) groups excluding carboxylic acids is 1. The monoisotopic (exact) mass is 323 g/mol. The van der Waals surface area contributed by atoms with Gasteiger partial charge in [0.25, 0.3) is 0 Å². The lowest BCUT2D eigenvalue weighted by molar-refractivity contribution is -0.121. The maximum atomic E-state index is 12.3. The molecule has 4 nitrogen and oxygen atoms in total.